The molecule has 12 heteroatoms. The van der Waals surface area contributed by atoms with Gasteiger partial charge < -0.3 is 29.3 Å². The number of esters is 2. The lowest BCUT2D eigenvalue weighted by Gasteiger charge is -2.20. The molecule has 1 fully saturated rings. The predicted octanol–water partition coefficient (Wildman–Crippen LogP) is 11.2. The first-order valence-electron chi connectivity index (χ1n) is 23.2. The van der Waals surface area contributed by atoms with Crippen LogP contribution in [-0.4, -0.2) is 77.9 Å². The highest BCUT2D eigenvalue weighted by atomic mass is 31.2. The fourth-order valence-electron chi connectivity index (χ4n) is 6.80. The van der Waals surface area contributed by atoms with Crippen molar-refractivity contribution in [1.82, 2.24) is 0 Å². The van der Waals surface area contributed by atoms with Gasteiger partial charge in [-0.1, -0.05) is 168 Å². The molecule has 0 spiro atoms. The summed E-state index contributed by atoms with van der Waals surface area (Å²) in [5.74, 6) is -0.0676. The van der Waals surface area contributed by atoms with Crippen molar-refractivity contribution in [3.63, 3.8) is 0 Å². The fourth-order valence-corrected chi connectivity index (χ4v) is 7.59. The van der Waals surface area contributed by atoms with E-state index in [0.717, 1.165) is 70.1 Å². The molecule has 1 aliphatic rings. The van der Waals surface area contributed by atoms with Crippen molar-refractivity contribution < 1.29 is 52.5 Å². The van der Waals surface area contributed by atoms with Crippen LogP contribution in [0.3, 0.4) is 0 Å². The number of phosphoric ester groups is 1. The van der Waals surface area contributed by atoms with Gasteiger partial charge in [-0.25, -0.2) is 4.57 Å². The maximum absolute atomic E-state index is 12.6. The minimum absolute atomic E-state index is 0.182. The summed E-state index contributed by atoms with van der Waals surface area (Å²) in [6, 6.07) is 0. The maximum atomic E-state index is 12.6. The number of hydrogen-bond donors (Lipinski definition) is 3. The molecule has 0 aromatic heterocycles. The molecule has 0 bridgehead atoms. The van der Waals surface area contributed by atoms with Gasteiger partial charge in [0.25, 0.3) is 0 Å². The SMILES string of the molecule is CCCCC/C=C\CC1OC1CCCCCCCC(=O)OC[C@H](COP(=O)(O)OC[C@@H](O)CO)OC(=O)CCCCCCCCCCCCCCCCC(C)CC. The summed E-state index contributed by atoms with van der Waals surface area (Å²) in [5.41, 5.74) is 0. The number of ether oxygens (including phenoxy) is 3. The van der Waals surface area contributed by atoms with E-state index >= 15 is 0 Å². The van der Waals surface area contributed by atoms with E-state index in [-0.39, 0.29) is 19.4 Å². The Labute approximate surface area is 347 Å². The number of unbranched alkanes of at least 4 members (excludes halogenated alkanes) is 20. The van der Waals surface area contributed by atoms with Crippen LogP contribution in [0.4, 0.5) is 0 Å². The number of hydrogen-bond acceptors (Lipinski definition) is 10. The number of aliphatic hydroxyl groups excluding tert-OH is 2. The molecule has 3 N–H and O–H groups in total. The van der Waals surface area contributed by atoms with Crippen molar-refractivity contribution in [2.45, 2.75) is 231 Å². The minimum Gasteiger partial charge on any atom is -0.462 e. The van der Waals surface area contributed by atoms with E-state index in [1.165, 1.54) is 96.3 Å². The van der Waals surface area contributed by atoms with E-state index < -0.39 is 51.8 Å². The van der Waals surface area contributed by atoms with Crippen LogP contribution in [0.15, 0.2) is 12.2 Å². The minimum atomic E-state index is -4.62. The van der Waals surface area contributed by atoms with Crippen molar-refractivity contribution in [3.8, 4) is 0 Å². The first-order chi connectivity index (χ1) is 27.6. The van der Waals surface area contributed by atoms with Crippen LogP contribution >= 0.6 is 7.82 Å². The van der Waals surface area contributed by atoms with Crippen molar-refractivity contribution in [2.75, 3.05) is 26.4 Å². The number of carbonyl (C=O) groups is 2. The zero-order valence-electron chi connectivity index (χ0n) is 36.4. The molecule has 1 rings (SSSR count). The molecule has 11 nitrogen and oxygen atoms in total. The molecule has 0 aromatic rings. The molecule has 1 saturated heterocycles. The Morgan fingerprint density at radius 1 is 0.684 bits per heavy atom. The molecule has 0 saturated carbocycles. The Kier molecular flexibility index (Phi) is 34.4. The zero-order chi connectivity index (χ0) is 41.8. The molecule has 0 aliphatic carbocycles. The highest BCUT2D eigenvalue weighted by molar-refractivity contribution is 7.47. The second-order valence-corrected chi connectivity index (χ2v) is 17.9. The van der Waals surface area contributed by atoms with Crippen molar-refractivity contribution >= 4 is 19.8 Å². The van der Waals surface area contributed by atoms with E-state index in [9.17, 15) is 24.2 Å². The number of aliphatic hydroxyl groups is 2. The van der Waals surface area contributed by atoms with Crippen LogP contribution in [0.2, 0.25) is 0 Å². The van der Waals surface area contributed by atoms with Crippen LogP contribution < -0.4 is 0 Å². The van der Waals surface area contributed by atoms with Crippen LogP contribution in [0.1, 0.15) is 207 Å². The highest BCUT2D eigenvalue weighted by Crippen LogP contribution is 2.43. The van der Waals surface area contributed by atoms with Crippen LogP contribution in [0.5, 0.6) is 0 Å². The van der Waals surface area contributed by atoms with Crippen molar-refractivity contribution in [2.24, 2.45) is 5.92 Å². The molecule has 57 heavy (non-hydrogen) atoms. The van der Waals surface area contributed by atoms with Crippen molar-refractivity contribution in [3.05, 3.63) is 12.2 Å². The van der Waals surface area contributed by atoms with Gasteiger partial charge >= 0.3 is 19.8 Å². The molecular weight excluding hydrogens is 747 g/mol. The van der Waals surface area contributed by atoms with Crippen LogP contribution in [0, 0.1) is 5.92 Å². The predicted molar refractivity (Wildman–Crippen MR) is 228 cm³/mol. The van der Waals surface area contributed by atoms with Gasteiger partial charge in [-0.3, -0.25) is 18.6 Å². The zero-order valence-corrected chi connectivity index (χ0v) is 37.3. The van der Waals surface area contributed by atoms with Crippen LogP contribution in [-0.2, 0) is 37.4 Å². The molecule has 336 valence electrons. The Hall–Kier alpha value is -1.33. The van der Waals surface area contributed by atoms with Gasteiger partial charge in [0.1, 0.15) is 12.7 Å². The second kappa shape index (κ2) is 36.5. The molecule has 1 heterocycles. The quantitative estimate of drug-likeness (QED) is 0.0176. The average Bonchev–Trinajstić information content (AvgIpc) is 3.96. The number of carbonyl (C=O) groups excluding carboxylic acids is 2. The molecule has 0 aromatic carbocycles. The third-order valence-electron chi connectivity index (χ3n) is 10.9. The first kappa shape index (κ1) is 53.7. The summed E-state index contributed by atoms with van der Waals surface area (Å²) < 4.78 is 38.6. The van der Waals surface area contributed by atoms with Gasteiger partial charge in [-0.15, -0.1) is 0 Å². The van der Waals surface area contributed by atoms with E-state index in [4.69, 9.17) is 28.4 Å². The lowest BCUT2D eigenvalue weighted by atomic mass is 9.99. The van der Waals surface area contributed by atoms with Gasteiger partial charge in [0, 0.05) is 12.8 Å². The largest absolute Gasteiger partial charge is 0.472 e. The highest BCUT2D eigenvalue weighted by Gasteiger charge is 2.36. The molecule has 1 aliphatic heterocycles. The van der Waals surface area contributed by atoms with Gasteiger partial charge in [0.2, 0.25) is 0 Å². The van der Waals surface area contributed by atoms with Gasteiger partial charge in [-0.2, -0.15) is 0 Å². The lowest BCUT2D eigenvalue weighted by molar-refractivity contribution is -0.161. The molecule has 0 amide bonds. The fraction of sp³-hybridized carbons (Fsp3) is 0.911. The summed E-state index contributed by atoms with van der Waals surface area (Å²) in [6.45, 7) is 4.72. The topological polar surface area (TPSA) is 161 Å². The normalized spacial score (nSPS) is 18.0. The van der Waals surface area contributed by atoms with Gasteiger partial charge in [0.15, 0.2) is 6.10 Å². The smallest absolute Gasteiger partial charge is 0.462 e. The number of rotatable bonds is 42. The third kappa shape index (κ3) is 34.1. The summed E-state index contributed by atoms with van der Waals surface area (Å²) in [5, 5.41) is 18.4. The monoisotopic (exact) mass is 833 g/mol. The van der Waals surface area contributed by atoms with Gasteiger partial charge in [0.05, 0.1) is 32.0 Å². The average molecular weight is 833 g/mol. The second-order valence-electron chi connectivity index (χ2n) is 16.4. The number of allylic oxidation sites excluding steroid dienone is 1. The molecular formula is C45H85O11P. The summed E-state index contributed by atoms with van der Waals surface area (Å²) in [6.07, 6.45) is 34.7. The van der Waals surface area contributed by atoms with Gasteiger partial charge in [-0.05, 0) is 44.4 Å². The van der Waals surface area contributed by atoms with Crippen LogP contribution in [0.25, 0.3) is 0 Å². The Morgan fingerprint density at radius 3 is 1.81 bits per heavy atom. The third-order valence-corrected chi connectivity index (χ3v) is 11.8. The Morgan fingerprint density at radius 2 is 1.23 bits per heavy atom. The summed E-state index contributed by atoms with van der Waals surface area (Å²) >= 11 is 0. The standard InChI is InChI=1S/C45H85O11P/c1-4-6-7-8-21-26-31-42-43(56-42)32-27-22-19-24-28-33-44(48)52-37-41(38-54-57(50,51)53-36-40(47)35-46)55-45(49)34-29-23-18-16-14-12-10-9-11-13-15-17-20-25-30-39(3)5-2/h21,26,39-43,46-47H,4-20,22-25,27-38H2,1-3H3,(H,50,51)/b26-21-/t39?,40-,41+,42?,43?/m0/s1. The Bertz CT molecular complexity index is 1040. The van der Waals surface area contributed by atoms with E-state index in [1.807, 2.05) is 0 Å². The van der Waals surface area contributed by atoms with E-state index in [0.29, 0.717) is 25.0 Å². The van der Waals surface area contributed by atoms with Crippen molar-refractivity contribution in [1.29, 1.82) is 0 Å². The maximum Gasteiger partial charge on any atom is 0.472 e. The lowest BCUT2D eigenvalue weighted by Crippen LogP contribution is -2.29. The number of epoxide rings is 1. The molecule has 6 atom stereocenters. The first-order valence-corrected chi connectivity index (χ1v) is 24.7. The Balaban J connectivity index is 2.22. The summed E-state index contributed by atoms with van der Waals surface area (Å²) in [7, 11) is -4.62. The molecule has 4 unspecified atom stereocenters. The van der Waals surface area contributed by atoms with E-state index in [2.05, 4.69) is 32.9 Å². The van der Waals surface area contributed by atoms with E-state index in [1.54, 1.807) is 0 Å². The summed E-state index contributed by atoms with van der Waals surface area (Å²) in [4.78, 5) is 35.1. The molecule has 0 radical (unpaired) electrons. The number of phosphoric acid groups is 1.